The molecular weight excluding hydrogens is 280 g/mol. The van der Waals surface area contributed by atoms with Crippen molar-refractivity contribution in [3.05, 3.63) is 0 Å². The van der Waals surface area contributed by atoms with Crippen molar-refractivity contribution in [1.82, 2.24) is 9.80 Å². The number of carboxylic acid groups (broad SMARTS) is 2. The van der Waals surface area contributed by atoms with Gasteiger partial charge >= 0.3 is 12.2 Å². The molecule has 0 saturated carbocycles. The van der Waals surface area contributed by atoms with Gasteiger partial charge in [-0.2, -0.15) is 8.42 Å². The van der Waals surface area contributed by atoms with Crippen molar-refractivity contribution in [3.8, 4) is 0 Å². The van der Waals surface area contributed by atoms with E-state index in [1.807, 2.05) is 0 Å². The van der Waals surface area contributed by atoms with E-state index in [2.05, 4.69) is 4.18 Å². The molecule has 1 saturated heterocycles. The van der Waals surface area contributed by atoms with Crippen molar-refractivity contribution in [2.45, 2.75) is 19.0 Å². The predicted octanol–water partition coefficient (Wildman–Crippen LogP) is -0.307. The lowest BCUT2D eigenvalue weighted by Gasteiger charge is -2.42. The van der Waals surface area contributed by atoms with Gasteiger partial charge in [0.2, 0.25) is 0 Å². The number of carbonyl (C=O) groups is 2. The van der Waals surface area contributed by atoms with Crippen LogP contribution in [0.3, 0.4) is 0 Å². The molecule has 1 rings (SSSR count). The van der Waals surface area contributed by atoms with Crippen molar-refractivity contribution >= 4 is 22.3 Å². The molecule has 0 aliphatic carbocycles. The molecule has 19 heavy (non-hydrogen) atoms. The molecule has 110 valence electrons. The zero-order valence-electron chi connectivity index (χ0n) is 10.5. The van der Waals surface area contributed by atoms with Gasteiger partial charge in [0.15, 0.2) is 0 Å². The molecule has 0 aromatic carbocycles. The van der Waals surface area contributed by atoms with Crippen LogP contribution in [0.1, 0.15) is 6.92 Å². The Hall–Kier alpha value is -1.55. The summed E-state index contributed by atoms with van der Waals surface area (Å²) in [6.45, 7) is 1.02. The largest absolute Gasteiger partial charge is 0.465 e. The van der Waals surface area contributed by atoms with Crippen molar-refractivity contribution in [2.24, 2.45) is 0 Å². The van der Waals surface area contributed by atoms with E-state index in [0.717, 1.165) is 16.1 Å². The zero-order chi connectivity index (χ0) is 14.8. The maximum atomic E-state index is 11.1. The van der Waals surface area contributed by atoms with Crippen molar-refractivity contribution < 1.29 is 32.4 Å². The molecular formula is C9H16N2O7S. The second kappa shape index (κ2) is 5.61. The summed E-state index contributed by atoms with van der Waals surface area (Å²) in [5.41, 5.74) is 0. The highest BCUT2D eigenvalue weighted by Gasteiger charge is 2.37. The monoisotopic (exact) mass is 296 g/mol. The third kappa shape index (κ3) is 4.24. The molecule has 1 aliphatic heterocycles. The minimum Gasteiger partial charge on any atom is -0.465 e. The number of hydrogen-bond donors (Lipinski definition) is 2. The van der Waals surface area contributed by atoms with E-state index in [1.165, 1.54) is 0 Å². The normalized spacial score (nSPS) is 24.3. The fourth-order valence-electron chi connectivity index (χ4n) is 1.88. The van der Waals surface area contributed by atoms with Gasteiger partial charge in [-0.15, -0.1) is 0 Å². The minimum atomic E-state index is -3.71. The molecule has 2 atom stereocenters. The van der Waals surface area contributed by atoms with Crippen LogP contribution in [0.25, 0.3) is 0 Å². The number of nitrogens with zero attached hydrogens (tertiary/aromatic N) is 2. The van der Waals surface area contributed by atoms with E-state index < -0.39 is 41.0 Å². The molecule has 1 aliphatic rings. The smallest absolute Gasteiger partial charge is 0.407 e. The van der Waals surface area contributed by atoms with E-state index in [4.69, 9.17) is 10.2 Å². The molecule has 9 nitrogen and oxygen atoms in total. The van der Waals surface area contributed by atoms with Gasteiger partial charge in [0.25, 0.3) is 10.1 Å². The minimum absolute atomic E-state index is 0.0284. The maximum absolute atomic E-state index is 11.1. The van der Waals surface area contributed by atoms with E-state index in [9.17, 15) is 18.0 Å². The summed E-state index contributed by atoms with van der Waals surface area (Å²) in [7, 11) is -3.71. The maximum Gasteiger partial charge on any atom is 0.407 e. The summed E-state index contributed by atoms with van der Waals surface area (Å²) in [5.74, 6) is 0. The van der Waals surface area contributed by atoms with E-state index in [-0.39, 0.29) is 13.1 Å². The highest BCUT2D eigenvalue weighted by molar-refractivity contribution is 7.85. The Morgan fingerprint density at radius 2 is 1.74 bits per heavy atom. The van der Waals surface area contributed by atoms with Crippen LogP contribution in [0.4, 0.5) is 9.59 Å². The molecule has 0 spiro atoms. The molecule has 0 radical (unpaired) electrons. The Bertz CT molecular complexity index is 463. The standard InChI is InChI=1S/C9H16N2O7S/c1-6-3-11(9(14)15)7(4-10(6)8(12)13)5-18-19(2,16)17/h6-7H,3-5H2,1-2H3,(H,12,13)(H,14,15)/t6-,7+/m0/s1. The van der Waals surface area contributed by atoms with Crippen LogP contribution in [0.5, 0.6) is 0 Å². The van der Waals surface area contributed by atoms with Crippen LogP contribution in [-0.2, 0) is 14.3 Å². The quantitative estimate of drug-likeness (QED) is 0.684. The summed E-state index contributed by atoms with van der Waals surface area (Å²) in [4.78, 5) is 24.1. The van der Waals surface area contributed by atoms with Crippen molar-refractivity contribution in [2.75, 3.05) is 26.0 Å². The average Bonchev–Trinajstić information content (AvgIpc) is 2.25. The summed E-state index contributed by atoms with van der Waals surface area (Å²) >= 11 is 0. The third-order valence-electron chi connectivity index (χ3n) is 2.81. The first-order valence-electron chi connectivity index (χ1n) is 5.45. The van der Waals surface area contributed by atoms with Crippen LogP contribution in [-0.4, -0.2) is 78.7 Å². The first-order chi connectivity index (χ1) is 8.61. The van der Waals surface area contributed by atoms with Crippen LogP contribution < -0.4 is 0 Å². The number of rotatable bonds is 3. The van der Waals surface area contributed by atoms with Crippen LogP contribution in [0.15, 0.2) is 0 Å². The lowest BCUT2D eigenvalue weighted by Crippen LogP contribution is -2.61. The number of hydrogen-bond acceptors (Lipinski definition) is 5. The topological polar surface area (TPSA) is 124 Å². The highest BCUT2D eigenvalue weighted by Crippen LogP contribution is 2.16. The fourth-order valence-corrected chi connectivity index (χ4v) is 2.29. The molecule has 2 N–H and O–H groups in total. The first-order valence-corrected chi connectivity index (χ1v) is 7.27. The van der Waals surface area contributed by atoms with Crippen molar-refractivity contribution in [1.29, 1.82) is 0 Å². The highest BCUT2D eigenvalue weighted by atomic mass is 32.2. The Labute approximate surface area is 110 Å². The summed E-state index contributed by atoms with van der Waals surface area (Å²) < 4.78 is 26.4. The molecule has 0 aromatic rings. The molecule has 1 fully saturated rings. The van der Waals surface area contributed by atoms with Gasteiger partial charge in [-0.05, 0) is 6.92 Å². The SMILES string of the molecule is C[C@H]1CN(C(=O)O)[C@@H](COS(C)(=O)=O)CN1C(=O)O. The van der Waals surface area contributed by atoms with Crippen LogP contribution >= 0.6 is 0 Å². The molecule has 2 amide bonds. The fraction of sp³-hybridized carbons (Fsp3) is 0.778. The summed E-state index contributed by atoms with van der Waals surface area (Å²) in [5, 5.41) is 18.0. The Kier molecular flexibility index (Phi) is 4.58. The zero-order valence-corrected chi connectivity index (χ0v) is 11.3. The molecule has 1 heterocycles. The van der Waals surface area contributed by atoms with Gasteiger partial charge < -0.3 is 15.1 Å². The van der Waals surface area contributed by atoms with E-state index in [1.54, 1.807) is 6.92 Å². The third-order valence-corrected chi connectivity index (χ3v) is 3.37. The van der Waals surface area contributed by atoms with E-state index >= 15 is 0 Å². The predicted molar refractivity (Wildman–Crippen MR) is 63.5 cm³/mol. The van der Waals surface area contributed by atoms with Crippen LogP contribution in [0, 0.1) is 0 Å². The van der Waals surface area contributed by atoms with Gasteiger partial charge in [-0.25, -0.2) is 9.59 Å². The Balaban J connectivity index is 2.82. The summed E-state index contributed by atoms with van der Waals surface area (Å²) in [6, 6.07) is -1.34. The lowest BCUT2D eigenvalue weighted by atomic mass is 10.1. The van der Waals surface area contributed by atoms with Crippen molar-refractivity contribution in [3.63, 3.8) is 0 Å². The second-order valence-electron chi connectivity index (χ2n) is 4.36. The van der Waals surface area contributed by atoms with Gasteiger partial charge in [0.1, 0.15) is 0 Å². The van der Waals surface area contributed by atoms with Gasteiger partial charge in [0, 0.05) is 13.1 Å². The molecule has 10 heteroatoms. The van der Waals surface area contributed by atoms with Crippen LogP contribution in [0.2, 0.25) is 0 Å². The number of piperazine rings is 1. The van der Waals surface area contributed by atoms with Gasteiger partial charge in [-0.3, -0.25) is 9.08 Å². The number of amides is 2. The average molecular weight is 296 g/mol. The Morgan fingerprint density at radius 3 is 2.16 bits per heavy atom. The first kappa shape index (κ1) is 15.5. The van der Waals surface area contributed by atoms with E-state index in [0.29, 0.717) is 0 Å². The lowest BCUT2D eigenvalue weighted by molar-refractivity contribution is 0.0244. The van der Waals surface area contributed by atoms with Gasteiger partial charge in [-0.1, -0.05) is 0 Å². The molecule has 0 aromatic heterocycles. The Morgan fingerprint density at radius 1 is 1.21 bits per heavy atom. The second-order valence-corrected chi connectivity index (χ2v) is 6.01. The molecule has 0 unspecified atom stereocenters. The molecule has 0 bridgehead atoms. The van der Waals surface area contributed by atoms with Gasteiger partial charge in [0.05, 0.1) is 24.9 Å². The summed E-state index contributed by atoms with van der Waals surface area (Å²) in [6.07, 6.45) is -1.57.